The van der Waals surface area contributed by atoms with Gasteiger partial charge in [-0.2, -0.15) is 10.2 Å². The van der Waals surface area contributed by atoms with E-state index >= 15 is 0 Å². The zero-order valence-electron chi connectivity index (χ0n) is 15.9. The lowest BCUT2D eigenvalue weighted by Gasteiger charge is -2.16. The molecule has 0 radical (unpaired) electrons. The predicted octanol–water partition coefficient (Wildman–Crippen LogP) is 2.39. The molecule has 0 aliphatic carbocycles. The highest BCUT2D eigenvalue weighted by molar-refractivity contribution is 14.2. The van der Waals surface area contributed by atoms with Gasteiger partial charge in [-0.15, -0.1) is 6.42 Å². The first-order chi connectivity index (χ1) is 13.6. The number of nitrogens with zero attached hydrogens (tertiary/aromatic N) is 5. The Balaban J connectivity index is 0.00000240. The maximum Gasteiger partial charge on any atom is 0.222 e. The molecule has 10 heteroatoms. The molecule has 1 amide bonds. The van der Waals surface area contributed by atoms with Crippen LogP contribution in [0.3, 0.4) is 0 Å². The summed E-state index contributed by atoms with van der Waals surface area (Å²) < 4.78 is 9.64. The molecule has 0 bridgehead atoms. The highest BCUT2D eigenvalue weighted by atomic mass is 127. The number of terminal acetylenes is 1. The molecule has 2 N–H and O–H groups in total. The zero-order valence-corrected chi connectivity index (χ0v) is 19.0. The average Bonchev–Trinajstić information content (AvgIpc) is 3.39. The zero-order chi connectivity index (χ0) is 19.7. The van der Waals surface area contributed by atoms with Gasteiger partial charge in [0.25, 0.3) is 0 Å². The SMILES string of the molecule is C#Cc1nn(PI)c2ccc(-c3cnn(C)c3OCCN3CCCC3=O)cc12.O. The number of likely N-dealkylation sites (tertiary alicyclic amines) is 1. The summed E-state index contributed by atoms with van der Waals surface area (Å²) in [7, 11) is 1.85. The van der Waals surface area contributed by atoms with Gasteiger partial charge in [0.05, 0.1) is 30.2 Å². The van der Waals surface area contributed by atoms with Crippen LogP contribution in [-0.4, -0.2) is 55.3 Å². The molecule has 1 fully saturated rings. The average molecular weight is 525 g/mol. The molecule has 1 saturated heterocycles. The highest BCUT2D eigenvalue weighted by Crippen LogP contribution is 2.35. The van der Waals surface area contributed by atoms with Crippen LogP contribution >= 0.6 is 28.4 Å². The second-order valence-electron chi connectivity index (χ2n) is 6.54. The fourth-order valence-electron chi connectivity index (χ4n) is 3.45. The molecular formula is C19H21IN5O3P. The van der Waals surface area contributed by atoms with Crippen molar-refractivity contribution in [1.82, 2.24) is 24.2 Å². The summed E-state index contributed by atoms with van der Waals surface area (Å²) in [4.78, 5) is 13.6. The minimum atomic E-state index is 0. The Morgan fingerprint density at radius 2 is 2.24 bits per heavy atom. The number of ether oxygens (including phenoxy) is 1. The smallest absolute Gasteiger partial charge is 0.222 e. The molecule has 152 valence electrons. The number of hydrogen-bond donors (Lipinski definition) is 0. The molecule has 0 saturated carbocycles. The van der Waals surface area contributed by atoms with Crippen molar-refractivity contribution in [1.29, 1.82) is 0 Å². The third kappa shape index (κ3) is 4.10. The molecule has 1 aliphatic heterocycles. The Labute approximate surface area is 183 Å². The van der Waals surface area contributed by atoms with Crippen LogP contribution in [0, 0.1) is 12.3 Å². The van der Waals surface area contributed by atoms with E-state index < -0.39 is 0 Å². The highest BCUT2D eigenvalue weighted by Gasteiger charge is 2.20. The van der Waals surface area contributed by atoms with Gasteiger partial charge in [-0.3, -0.25) is 4.79 Å². The molecule has 1 unspecified atom stereocenters. The lowest BCUT2D eigenvalue weighted by molar-refractivity contribution is -0.128. The Kier molecular flexibility index (Phi) is 6.77. The van der Waals surface area contributed by atoms with Crippen LogP contribution in [0.15, 0.2) is 24.4 Å². The van der Waals surface area contributed by atoms with Gasteiger partial charge in [0.2, 0.25) is 11.8 Å². The summed E-state index contributed by atoms with van der Waals surface area (Å²) in [6.07, 6.45) is 9.48. The molecule has 3 heterocycles. The van der Waals surface area contributed by atoms with Gasteiger partial charge >= 0.3 is 0 Å². The van der Waals surface area contributed by atoms with Crippen LogP contribution in [0.5, 0.6) is 5.88 Å². The predicted molar refractivity (Wildman–Crippen MR) is 123 cm³/mol. The summed E-state index contributed by atoms with van der Waals surface area (Å²) in [5.41, 5.74) is 3.52. The van der Waals surface area contributed by atoms with Crippen LogP contribution < -0.4 is 4.74 Å². The fraction of sp³-hybridized carbons (Fsp3) is 0.316. The number of aryl methyl sites for hydroxylation is 1. The van der Waals surface area contributed by atoms with E-state index in [9.17, 15) is 4.79 Å². The van der Waals surface area contributed by atoms with Gasteiger partial charge in [-0.1, -0.05) is 6.07 Å². The molecule has 1 atom stereocenters. The van der Waals surface area contributed by atoms with Gasteiger partial charge in [-0.05, 0) is 52.1 Å². The first-order valence-corrected chi connectivity index (χ1v) is 13.0. The van der Waals surface area contributed by atoms with Crippen molar-refractivity contribution in [3.63, 3.8) is 0 Å². The minimum Gasteiger partial charge on any atom is -0.476 e. The van der Waals surface area contributed by atoms with Crippen LogP contribution in [0.4, 0.5) is 0 Å². The quantitative estimate of drug-likeness (QED) is 0.281. The van der Waals surface area contributed by atoms with Crippen LogP contribution in [-0.2, 0) is 11.8 Å². The number of benzene rings is 1. The Morgan fingerprint density at radius 3 is 2.93 bits per heavy atom. The van der Waals surface area contributed by atoms with Crippen molar-refractivity contribution in [2.75, 3.05) is 19.7 Å². The topological polar surface area (TPSA) is 96.7 Å². The molecule has 1 aliphatic rings. The van der Waals surface area contributed by atoms with Gasteiger partial charge < -0.3 is 15.1 Å². The summed E-state index contributed by atoms with van der Waals surface area (Å²) in [6, 6.07) is 6.11. The summed E-state index contributed by atoms with van der Waals surface area (Å²) in [6.45, 7) is 1.84. The first kappa shape index (κ1) is 21.6. The van der Waals surface area contributed by atoms with E-state index in [-0.39, 0.29) is 11.4 Å². The van der Waals surface area contributed by atoms with Crippen LogP contribution in [0.1, 0.15) is 18.5 Å². The van der Waals surface area contributed by atoms with Crippen molar-refractivity contribution in [3.8, 4) is 29.4 Å². The molecule has 29 heavy (non-hydrogen) atoms. The van der Waals surface area contributed by atoms with Gasteiger partial charge in [-0.25, -0.2) is 9.13 Å². The summed E-state index contributed by atoms with van der Waals surface area (Å²) in [5, 5.41) is 9.78. The number of aromatic nitrogens is 4. The number of rotatable bonds is 6. The number of carbonyl (C=O) groups excluding carboxylic acids is 1. The maximum absolute atomic E-state index is 11.8. The summed E-state index contributed by atoms with van der Waals surface area (Å²) >= 11 is 2.29. The number of hydrogen-bond acceptors (Lipinski definition) is 4. The van der Waals surface area contributed by atoms with Crippen molar-refractivity contribution >= 4 is 45.2 Å². The molecule has 1 aromatic carbocycles. The molecule has 0 spiro atoms. The number of halogens is 1. The monoisotopic (exact) mass is 525 g/mol. The number of carbonyl (C=O) groups is 1. The molecule has 8 nitrogen and oxygen atoms in total. The molecule has 2 aromatic heterocycles. The molecule has 3 aromatic rings. The molecule has 4 rings (SSSR count). The second-order valence-corrected chi connectivity index (χ2v) is 8.58. The standard InChI is InChI=1S/C19H19IN5O2P.H2O/c1-3-16-14-11-13(6-7-17(14)25(22-16)28-20)15-12-21-23(2)19(15)27-10-9-24-8-4-5-18(24)26;/h1,6-7,11-12,28H,4-5,8-10H2,2H3;1H2. The van der Waals surface area contributed by atoms with Crippen molar-refractivity contribution in [2.45, 2.75) is 12.8 Å². The van der Waals surface area contributed by atoms with Crippen molar-refractivity contribution in [2.24, 2.45) is 7.05 Å². The van der Waals surface area contributed by atoms with Crippen molar-refractivity contribution in [3.05, 3.63) is 30.1 Å². The lowest BCUT2D eigenvalue weighted by Crippen LogP contribution is -2.29. The minimum absolute atomic E-state index is 0. The third-order valence-electron chi connectivity index (χ3n) is 4.86. The third-order valence-corrected chi connectivity index (χ3v) is 6.74. The van der Waals surface area contributed by atoms with E-state index in [0.29, 0.717) is 37.5 Å². The summed E-state index contributed by atoms with van der Waals surface area (Å²) in [5.74, 6) is 3.55. The lowest BCUT2D eigenvalue weighted by atomic mass is 10.1. The van der Waals surface area contributed by atoms with E-state index in [4.69, 9.17) is 11.2 Å². The van der Waals surface area contributed by atoms with Gasteiger partial charge in [0, 0.05) is 25.4 Å². The maximum atomic E-state index is 11.8. The van der Waals surface area contributed by atoms with E-state index in [0.717, 1.165) is 35.0 Å². The number of fused-ring (bicyclic) bond motifs is 1. The van der Waals surface area contributed by atoms with Gasteiger partial charge in [0.1, 0.15) is 12.3 Å². The first-order valence-electron chi connectivity index (χ1n) is 8.91. The molecular weight excluding hydrogens is 504 g/mol. The Bertz CT molecular complexity index is 1090. The van der Waals surface area contributed by atoms with E-state index in [1.54, 1.807) is 10.9 Å². The van der Waals surface area contributed by atoms with E-state index in [1.165, 1.54) is 0 Å². The Hall–Kier alpha value is -2.15. The van der Waals surface area contributed by atoms with E-state index in [2.05, 4.69) is 38.2 Å². The van der Waals surface area contributed by atoms with E-state index in [1.807, 2.05) is 34.6 Å². The van der Waals surface area contributed by atoms with Crippen LogP contribution in [0.2, 0.25) is 0 Å². The van der Waals surface area contributed by atoms with Crippen molar-refractivity contribution < 1.29 is 15.0 Å². The number of amides is 1. The van der Waals surface area contributed by atoms with Gasteiger partial charge in [0.15, 0.2) is 0 Å². The largest absolute Gasteiger partial charge is 0.476 e. The Morgan fingerprint density at radius 1 is 1.41 bits per heavy atom. The second kappa shape index (κ2) is 9.11. The van der Waals surface area contributed by atoms with Crippen LogP contribution in [0.25, 0.3) is 22.0 Å². The fourth-order valence-corrected chi connectivity index (χ4v) is 4.97. The normalized spacial score (nSPS) is 14.0.